The van der Waals surface area contributed by atoms with Crippen LogP contribution in [0.25, 0.3) is 0 Å². The van der Waals surface area contributed by atoms with Gasteiger partial charge >= 0.3 is 5.97 Å². The van der Waals surface area contributed by atoms with Gasteiger partial charge in [0.1, 0.15) is 5.92 Å². The van der Waals surface area contributed by atoms with Crippen LogP contribution in [0.3, 0.4) is 0 Å². The average molecular weight is 191 g/mol. The number of para-hydroxylation sites is 1. The van der Waals surface area contributed by atoms with E-state index in [0.717, 1.165) is 17.7 Å². The molecular weight excluding hydrogens is 178 g/mol. The first-order valence-electron chi connectivity index (χ1n) is 4.82. The van der Waals surface area contributed by atoms with E-state index in [1.54, 1.807) is 0 Å². The maximum atomic E-state index is 10.9. The average Bonchev–Trinajstić information content (AvgIpc) is 2.60. The van der Waals surface area contributed by atoms with Gasteiger partial charge in [-0.05, 0) is 17.5 Å². The molecule has 2 rings (SSSR count). The van der Waals surface area contributed by atoms with Crippen LogP contribution in [0, 0.1) is 0 Å². The van der Waals surface area contributed by atoms with Crippen LogP contribution in [0.4, 0.5) is 5.69 Å². The molecule has 14 heavy (non-hydrogen) atoms. The van der Waals surface area contributed by atoms with Crippen molar-refractivity contribution in [2.24, 2.45) is 0 Å². The Morgan fingerprint density at radius 1 is 1.64 bits per heavy atom. The molecule has 1 aliphatic heterocycles. The van der Waals surface area contributed by atoms with Crippen LogP contribution < -0.4 is 5.32 Å². The van der Waals surface area contributed by atoms with Gasteiger partial charge in [-0.1, -0.05) is 25.1 Å². The first kappa shape index (κ1) is 9.06. The SMILES string of the molecule is CCc1cccc2c1NCC2C(=O)O. The van der Waals surface area contributed by atoms with Gasteiger partial charge < -0.3 is 10.4 Å². The van der Waals surface area contributed by atoms with Crippen molar-refractivity contribution in [2.75, 3.05) is 11.9 Å². The number of hydrogen-bond donors (Lipinski definition) is 2. The second kappa shape index (κ2) is 3.33. The number of aryl methyl sites for hydroxylation is 1. The summed E-state index contributed by atoms with van der Waals surface area (Å²) in [6, 6.07) is 5.87. The molecule has 2 N–H and O–H groups in total. The van der Waals surface area contributed by atoms with E-state index in [2.05, 4.69) is 12.2 Å². The molecular formula is C11H13NO2. The van der Waals surface area contributed by atoms with E-state index >= 15 is 0 Å². The zero-order valence-corrected chi connectivity index (χ0v) is 8.08. The van der Waals surface area contributed by atoms with E-state index in [9.17, 15) is 4.79 Å². The molecule has 0 bridgehead atoms. The highest BCUT2D eigenvalue weighted by molar-refractivity contribution is 5.83. The number of rotatable bonds is 2. The van der Waals surface area contributed by atoms with Crippen LogP contribution in [0.1, 0.15) is 24.0 Å². The molecule has 0 fully saturated rings. The molecule has 1 aromatic carbocycles. The number of carboxylic acid groups (broad SMARTS) is 1. The lowest BCUT2D eigenvalue weighted by molar-refractivity contribution is -0.138. The Bertz CT molecular complexity index is 374. The molecule has 1 heterocycles. The Morgan fingerprint density at radius 3 is 3.07 bits per heavy atom. The van der Waals surface area contributed by atoms with Crippen LogP contribution in [-0.4, -0.2) is 17.6 Å². The minimum absolute atomic E-state index is 0.378. The summed E-state index contributed by atoms with van der Waals surface area (Å²) in [4.78, 5) is 10.9. The second-order valence-corrected chi connectivity index (χ2v) is 3.51. The van der Waals surface area contributed by atoms with Crippen molar-refractivity contribution in [3.05, 3.63) is 29.3 Å². The van der Waals surface area contributed by atoms with Crippen molar-refractivity contribution in [3.8, 4) is 0 Å². The van der Waals surface area contributed by atoms with E-state index in [4.69, 9.17) is 5.11 Å². The number of aliphatic carboxylic acids is 1. The zero-order chi connectivity index (χ0) is 10.1. The maximum Gasteiger partial charge on any atom is 0.312 e. The number of nitrogens with one attached hydrogen (secondary N) is 1. The molecule has 3 heteroatoms. The summed E-state index contributed by atoms with van der Waals surface area (Å²) in [7, 11) is 0. The molecule has 0 amide bonds. The molecule has 0 radical (unpaired) electrons. The second-order valence-electron chi connectivity index (χ2n) is 3.51. The van der Waals surface area contributed by atoms with Crippen molar-refractivity contribution < 1.29 is 9.90 Å². The number of carboxylic acids is 1. The molecule has 0 saturated carbocycles. The predicted octanol–water partition coefficient (Wildman–Crippen LogP) is 1.84. The van der Waals surface area contributed by atoms with Gasteiger partial charge in [-0.3, -0.25) is 4.79 Å². The topological polar surface area (TPSA) is 49.3 Å². The first-order chi connectivity index (χ1) is 6.74. The van der Waals surface area contributed by atoms with Crippen molar-refractivity contribution in [2.45, 2.75) is 19.3 Å². The van der Waals surface area contributed by atoms with Gasteiger partial charge in [0.15, 0.2) is 0 Å². The summed E-state index contributed by atoms with van der Waals surface area (Å²) < 4.78 is 0. The Balaban J connectivity index is 2.46. The van der Waals surface area contributed by atoms with Crippen LogP contribution in [0.15, 0.2) is 18.2 Å². The number of hydrogen-bond acceptors (Lipinski definition) is 2. The molecule has 3 nitrogen and oxygen atoms in total. The van der Waals surface area contributed by atoms with Crippen LogP contribution >= 0.6 is 0 Å². The standard InChI is InChI=1S/C11H13NO2/c1-2-7-4-3-5-8-9(11(13)14)6-12-10(7)8/h3-5,9,12H,2,6H2,1H3,(H,13,14). The van der Waals surface area contributed by atoms with Crippen molar-refractivity contribution in [1.29, 1.82) is 0 Å². The molecule has 1 unspecified atom stereocenters. The summed E-state index contributed by atoms with van der Waals surface area (Å²) in [5, 5.41) is 12.2. The fourth-order valence-electron chi connectivity index (χ4n) is 1.96. The Labute approximate surface area is 82.8 Å². The summed E-state index contributed by atoms with van der Waals surface area (Å²) in [5.74, 6) is -1.12. The molecule has 0 saturated heterocycles. The van der Waals surface area contributed by atoms with Gasteiger partial charge in [0, 0.05) is 12.2 Å². The van der Waals surface area contributed by atoms with Crippen molar-refractivity contribution in [1.82, 2.24) is 0 Å². The third-order valence-electron chi connectivity index (χ3n) is 2.72. The number of fused-ring (bicyclic) bond motifs is 1. The summed E-state index contributed by atoms with van der Waals surface area (Å²) >= 11 is 0. The van der Waals surface area contributed by atoms with Gasteiger partial charge in [0.25, 0.3) is 0 Å². The lowest BCUT2D eigenvalue weighted by atomic mass is 9.98. The number of carbonyl (C=O) groups is 1. The van der Waals surface area contributed by atoms with Gasteiger partial charge in [0.05, 0.1) is 0 Å². The van der Waals surface area contributed by atoms with E-state index in [1.165, 1.54) is 5.56 Å². The van der Waals surface area contributed by atoms with Crippen LogP contribution in [0.2, 0.25) is 0 Å². The molecule has 1 aromatic rings. The highest BCUT2D eigenvalue weighted by Crippen LogP contribution is 2.34. The zero-order valence-electron chi connectivity index (χ0n) is 8.08. The summed E-state index contributed by atoms with van der Waals surface area (Å²) in [5.41, 5.74) is 3.16. The van der Waals surface area contributed by atoms with Gasteiger partial charge in [-0.25, -0.2) is 0 Å². The maximum absolute atomic E-state index is 10.9. The van der Waals surface area contributed by atoms with Gasteiger partial charge in [-0.15, -0.1) is 0 Å². The highest BCUT2D eigenvalue weighted by atomic mass is 16.4. The van der Waals surface area contributed by atoms with Crippen molar-refractivity contribution in [3.63, 3.8) is 0 Å². The molecule has 74 valence electrons. The third-order valence-corrected chi connectivity index (χ3v) is 2.72. The third kappa shape index (κ3) is 1.25. The van der Waals surface area contributed by atoms with E-state index in [1.807, 2.05) is 18.2 Å². The lowest BCUT2D eigenvalue weighted by Crippen LogP contribution is -2.12. The summed E-state index contributed by atoms with van der Waals surface area (Å²) in [6.07, 6.45) is 0.933. The van der Waals surface area contributed by atoms with Crippen LogP contribution in [-0.2, 0) is 11.2 Å². The fourth-order valence-corrected chi connectivity index (χ4v) is 1.96. The minimum Gasteiger partial charge on any atom is -0.481 e. The van der Waals surface area contributed by atoms with Crippen LogP contribution in [0.5, 0.6) is 0 Å². The predicted molar refractivity (Wildman–Crippen MR) is 54.7 cm³/mol. The molecule has 1 aliphatic rings. The Morgan fingerprint density at radius 2 is 2.43 bits per heavy atom. The highest BCUT2D eigenvalue weighted by Gasteiger charge is 2.28. The Hall–Kier alpha value is -1.51. The molecule has 0 spiro atoms. The monoisotopic (exact) mass is 191 g/mol. The summed E-state index contributed by atoms with van der Waals surface area (Å²) in [6.45, 7) is 2.59. The van der Waals surface area contributed by atoms with Gasteiger partial charge in [0.2, 0.25) is 0 Å². The van der Waals surface area contributed by atoms with E-state index < -0.39 is 5.97 Å². The Kier molecular flexibility index (Phi) is 2.15. The number of benzene rings is 1. The molecule has 1 atom stereocenters. The van der Waals surface area contributed by atoms with Gasteiger partial charge in [-0.2, -0.15) is 0 Å². The molecule has 0 aliphatic carbocycles. The quantitative estimate of drug-likeness (QED) is 0.750. The minimum atomic E-state index is -0.746. The normalized spacial score (nSPS) is 18.8. The van der Waals surface area contributed by atoms with Crippen molar-refractivity contribution >= 4 is 11.7 Å². The lowest BCUT2D eigenvalue weighted by Gasteiger charge is -2.06. The largest absolute Gasteiger partial charge is 0.481 e. The number of anilines is 1. The van der Waals surface area contributed by atoms with E-state index in [-0.39, 0.29) is 5.92 Å². The fraction of sp³-hybridized carbons (Fsp3) is 0.364. The smallest absolute Gasteiger partial charge is 0.312 e. The van der Waals surface area contributed by atoms with E-state index in [0.29, 0.717) is 6.54 Å². The first-order valence-corrected chi connectivity index (χ1v) is 4.82. The molecule has 0 aromatic heterocycles.